The first-order valence-corrected chi connectivity index (χ1v) is 9.62. The Labute approximate surface area is 160 Å². The van der Waals surface area contributed by atoms with Crippen molar-refractivity contribution in [1.29, 1.82) is 0 Å². The minimum Gasteiger partial charge on any atom is -0.478 e. The minimum absolute atomic E-state index is 0.142. The van der Waals surface area contributed by atoms with Gasteiger partial charge in [-0.2, -0.15) is 0 Å². The number of carboxylic acids is 1. The van der Waals surface area contributed by atoms with E-state index in [2.05, 4.69) is 5.32 Å². The molecular weight excluding hydrogens is 373 g/mol. The first-order chi connectivity index (χ1) is 12.8. The number of carbonyl (C=O) groups is 1. The lowest BCUT2D eigenvalue weighted by atomic mass is 9.89. The number of aromatic carboxylic acids is 1. The number of hydrogen-bond donors (Lipinski definition) is 3. The van der Waals surface area contributed by atoms with E-state index in [4.69, 9.17) is 14.2 Å². The Bertz CT molecular complexity index is 657. The smallest absolute Gasteiger partial charge is 0.335 e. The first-order valence-electron chi connectivity index (χ1n) is 8.81. The molecule has 0 spiro atoms. The summed E-state index contributed by atoms with van der Waals surface area (Å²) in [6.45, 7) is 6.26. The number of morpholine rings is 1. The maximum absolute atomic E-state index is 11.8. The van der Waals surface area contributed by atoms with Crippen molar-refractivity contribution in [1.82, 2.24) is 5.32 Å². The summed E-state index contributed by atoms with van der Waals surface area (Å²) in [5.74, 6) is -1.01. The number of rotatable bonds is 9. The second-order valence-electron chi connectivity index (χ2n) is 6.52. The number of hydrogen-bond acceptors (Lipinski definition) is 7. The van der Waals surface area contributed by atoms with E-state index in [9.17, 15) is 19.6 Å². The van der Waals surface area contributed by atoms with Gasteiger partial charge in [0.05, 0.1) is 17.7 Å². The van der Waals surface area contributed by atoms with E-state index >= 15 is 0 Å². The fourth-order valence-corrected chi connectivity index (χ4v) is 3.52. The molecule has 1 aromatic rings. The highest BCUT2D eigenvalue weighted by molar-refractivity contribution is 7.25. The molecule has 9 heteroatoms. The third-order valence-corrected chi connectivity index (χ3v) is 5.39. The van der Waals surface area contributed by atoms with Crippen molar-refractivity contribution in [3.63, 3.8) is 0 Å². The third-order valence-electron chi connectivity index (χ3n) is 4.60. The van der Waals surface area contributed by atoms with Gasteiger partial charge in [0.15, 0.2) is 14.8 Å². The Morgan fingerprint density at radius 3 is 2.59 bits per heavy atom. The number of carboxylic acid groups (broad SMARTS) is 1. The topological polar surface area (TPSA) is 114 Å². The number of ether oxygens (including phenoxy) is 3. The molecule has 0 aromatic heterocycles. The standard InChI is InChI=1S/C18H26NO7P/c1-4-24-16(25-5-2)18(22,27-23)14-10-19-17(3,11-26-14)13-8-6-7-12(9-13)15(20)21/h6-9,14,16,19,22H,4-5,10-11H2,1-3H3,(H,20,21)/t14-,17+,18?/m1/s1. The van der Waals surface area contributed by atoms with Crippen molar-refractivity contribution in [3.05, 3.63) is 35.4 Å². The van der Waals surface area contributed by atoms with Crippen LogP contribution in [0.5, 0.6) is 0 Å². The van der Waals surface area contributed by atoms with E-state index in [0.717, 1.165) is 5.56 Å². The zero-order valence-corrected chi connectivity index (χ0v) is 16.6. The molecule has 1 aliphatic heterocycles. The quantitative estimate of drug-likeness (QED) is 0.427. The molecule has 2 rings (SSSR count). The highest BCUT2D eigenvalue weighted by Gasteiger charge is 2.51. The molecular formula is C18H26NO7P. The van der Waals surface area contributed by atoms with Crippen LogP contribution in [0.2, 0.25) is 0 Å². The van der Waals surface area contributed by atoms with Crippen molar-refractivity contribution in [2.75, 3.05) is 26.4 Å². The van der Waals surface area contributed by atoms with Crippen molar-refractivity contribution in [2.24, 2.45) is 0 Å². The Balaban J connectivity index is 2.17. The molecule has 3 N–H and O–H groups in total. The largest absolute Gasteiger partial charge is 0.478 e. The summed E-state index contributed by atoms with van der Waals surface area (Å²) < 4.78 is 28.5. The van der Waals surface area contributed by atoms with Crippen molar-refractivity contribution in [3.8, 4) is 0 Å². The van der Waals surface area contributed by atoms with Crippen LogP contribution in [-0.2, 0) is 24.3 Å². The van der Waals surface area contributed by atoms with Gasteiger partial charge < -0.3 is 29.7 Å². The van der Waals surface area contributed by atoms with Crippen LogP contribution in [0, 0.1) is 0 Å². The maximum Gasteiger partial charge on any atom is 0.335 e. The van der Waals surface area contributed by atoms with Gasteiger partial charge in [-0.3, -0.25) is 4.57 Å². The van der Waals surface area contributed by atoms with Gasteiger partial charge in [0.2, 0.25) is 5.34 Å². The lowest BCUT2D eigenvalue weighted by Crippen LogP contribution is -2.62. The molecule has 0 radical (unpaired) electrons. The average Bonchev–Trinajstić information content (AvgIpc) is 2.68. The van der Waals surface area contributed by atoms with E-state index in [1.807, 2.05) is 13.0 Å². The van der Waals surface area contributed by atoms with Crippen LogP contribution in [0.15, 0.2) is 24.3 Å². The van der Waals surface area contributed by atoms with Crippen molar-refractivity contribution in [2.45, 2.75) is 44.0 Å². The predicted molar refractivity (Wildman–Crippen MR) is 98.1 cm³/mol. The van der Waals surface area contributed by atoms with Gasteiger partial charge in [-0.15, -0.1) is 0 Å². The second kappa shape index (κ2) is 9.19. The third kappa shape index (κ3) is 4.71. The molecule has 0 bridgehead atoms. The fraction of sp³-hybridized carbons (Fsp3) is 0.611. The summed E-state index contributed by atoms with van der Waals surface area (Å²) in [5.41, 5.74) is 0.269. The van der Waals surface area contributed by atoms with Crippen LogP contribution in [0.4, 0.5) is 0 Å². The SMILES string of the molecule is CCOC(OCC)C(O)(P=O)[C@H]1CN[C@](C)(c2cccc(C(=O)O)c2)CO1. The highest BCUT2D eigenvalue weighted by Crippen LogP contribution is 2.36. The second-order valence-corrected chi connectivity index (χ2v) is 7.41. The van der Waals surface area contributed by atoms with Gasteiger partial charge in [-0.1, -0.05) is 12.1 Å². The van der Waals surface area contributed by atoms with E-state index in [0.29, 0.717) is 0 Å². The summed E-state index contributed by atoms with van der Waals surface area (Å²) in [7, 11) is -0.565. The molecule has 0 saturated carbocycles. The molecule has 0 amide bonds. The molecule has 1 heterocycles. The first kappa shape index (κ1) is 21.9. The molecule has 1 saturated heterocycles. The molecule has 8 nitrogen and oxygen atoms in total. The maximum atomic E-state index is 11.8. The van der Waals surface area contributed by atoms with E-state index in [1.54, 1.807) is 26.0 Å². The lowest BCUT2D eigenvalue weighted by Gasteiger charge is -2.44. The fourth-order valence-electron chi connectivity index (χ4n) is 3.00. The summed E-state index contributed by atoms with van der Waals surface area (Å²) in [6.07, 6.45) is -1.94. The Hall–Kier alpha value is -1.41. The van der Waals surface area contributed by atoms with Gasteiger partial charge in [0.1, 0.15) is 6.10 Å². The number of nitrogens with one attached hydrogen (secondary N) is 1. The monoisotopic (exact) mass is 399 g/mol. The van der Waals surface area contributed by atoms with Crippen LogP contribution in [0.25, 0.3) is 0 Å². The molecule has 1 fully saturated rings. The highest BCUT2D eigenvalue weighted by atomic mass is 31.1. The van der Waals surface area contributed by atoms with Crippen molar-refractivity contribution < 1.29 is 33.8 Å². The normalized spacial score (nSPS) is 25.4. The Morgan fingerprint density at radius 2 is 2.11 bits per heavy atom. The Morgan fingerprint density at radius 1 is 1.44 bits per heavy atom. The van der Waals surface area contributed by atoms with Gasteiger partial charge in [-0.25, -0.2) is 4.79 Å². The van der Waals surface area contributed by atoms with Gasteiger partial charge in [-0.05, 0) is 38.5 Å². The van der Waals surface area contributed by atoms with E-state index in [-0.39, 0.29) is 31.9 Å². The van der Waals surface area contributed by atoms with Crippen LogP contribution >= 0.6 is 8.46 Å². The van der Waals surface area contributed by atoms with Gasteiger partial charge in [0.25, 0.3) is 0 Å². The van der Waals surface area contributed by atoms with Crippen LogP contribution < -0.4 is 5.32 Å². The Kier molecular flexibility index (Phi) is 7.45. The molecule has 150 valence electrons. The molecule has 3 atom stereocenters. The lowest BCUT2D eigenvalue weighted by molar-refractivity contribution is -0.241. The molecule has 1 aromatic carbocycles. The van der Waals surface area contributed by atoms with Gasteiger partial charge >= 0.3 is 5.97 Å². The zero-order chi connectivity index (χ0) is 20.1. The predicted octanol–water partition coefficient (Wildman–Crippen LogP) is 1.97. The number of aliphatic hydroxyl groups is 1. The summed E-state index contributed by atoms with van der Waals surface area (Å²) in [4.78, 5) is 11.2. The molecule has 0 aliphatic carbocycles. The van der Waals surface area contributed by atoms with Crippen molar-refractivity contribution >= 4 is 14.4 Å². The van der Waals surface area contributed by atoms with Crippen LogP contribution in [0.1, 0.15) is 36.7 Å². The zero-order valence-electron chi connectivity index (χ0n) is 15.7. The summed E-state index contributed by atoms with van der Waals surface area (Å²) in [6, 6.07) is 6.58. The molecule has 1 aliphatic rings. The minimum atomic E-state index is -1.87. The summed E-state index contributed by atoms with van der Waals surface area (Å²) >= 11 is 0. The average molecular weight is 399 g/mol. The van der Waals surface area contributed by atoms with Gasteiger partial charge in [0, 0.05) is 19.8 Å². The van der Waals surface area contributed by atoms with E-state index in [1.165, 1.54) is 6.07 Å². The van der Waals surface area contributed by atoms with Crippen LogP contribution in [0.3, 0.4) is 0 Å². The van der Waals surface area contributed by atoms with Crippen LogP contribution in [-0.4, -0.2) is 60.3 Å². The summed E-state index contributed by atoms with van der Waals surface area (Å²) in [5, 5.41) is 21.5. The molecule has 27 heavy (non-hydrogen) atoms. The molecule has 1 unspecified atom stereocenters. The number of benzene rings is 1. The van der Waals surface area contributed by atoms with E-state index < -0.39 is 37.7 Å².